The molecule has 2 heterocycles. The van der Waals surface area contributed by atoms with Crippen LogP contribution in [0.4, 0.5) is 5.95 Å². The highest BCUT2D eigenvalue weighted by Crippen LogP contribution is 2.74. The fraction of sp³-hybridized carbons (Fsp3) is 0.900. The molecule has 3 N–H and O–H groups in total. The third kappa shape index (κ3) is 5.72. The number of ether oxygens (including phenoxy) is 3. The van der Waals surface area contributed by atoms with Gasteiger partial charge in [0.1, 0.15) is 6.04 Å². The predicted molar refractivity (Wildman–Crippen MR) is 198 cm³/mol. The smallest absolute Gasteiger partial charge is 0.307 e. The number of nitrogens with two attached hydrogens (primary N) is 1. The summed E-state index contributed by atoms with van der Waals surface area (Å²) in [4.78, 5) is 17.5. The van der Waals surface area contributed by atoms with Crippen LogP contribution in [-0.2, 0) is 19.0 Å². The van der Waals surface area contributed by atoms with Gasteiger partial charge in [0.25, 0.3) is 5.95 Å². The summed E-state index contributed by atoms with van der Waals surface area (Å²) in [6, 6.07) is -0.218. The lowest BCUT2D eigenvalue weighted by molar-refractivity contribution is -0.216. The molecular weight excluding hydrogens is 644 g/mol. The Balaban J connectivity index is 1.43. The van der Waals surface area contributed by atoms with Gasteiger partial charge in [0, 0.05) is 31.3 Å². The number of hydrogen-bond acceptors (Lipinski definition) is 9. The summed E-state index contributed by atoms with van der Waals surface area (Å²) in [7, 11) is 6.10. The summed E-state index contributed by atoms with van der Waals surface area (Å²) in [6.07, 6.45) is 9.65. The van der Waals surface area contributed by atoms with Crippen molar-refractivity contribution in [2.45, 2.75) is 124 Å². The number of tetrazole rings is 1. The largest absolute Gasteiger partial charge is 0.481 e. The van der Waals surface area contributed by atoms with Gasteiger partial charge in [-0.2, -0.15) is 4.80 Å². The second-order valence-electron chi connectivity index (χ2n) is 19.2. The number of fused-ring (bicyclic) bond motifs is 5. The van der Waals surface area contributed by atoms with Gasteiger partial charge < -0.3 is 30.0 Å². The average molecular weight is 713 g/mol. The number of aromatic nitrogens is 4. The van der Waals surface area contributed by atoms with Crippen molar-refractivity contribution in [3.05, 3.63) is 11.6 Å². The summed E-state index contributed by atoms with van der Waals surface area (Å²) in [5, 5.41) is 24.4. The number of hydrogen-bond donors (Lipinski definition) is 2. The van der Waals surface area contributed by atoms with Gasteiger partial charge in [-0.1, -0.05) is 72.1 Å². The standard InChI is InChI=1S/C40H68N6O5/c1-25(2)26(3)35(4)16-17-38(7)28-12-13-30-36(5,27(28)14-15-39(38,8)31(35)33(47)48)22-29(46-43-34(41)42-44-46)32(37(30,6)23-49-11)51-24-40(45(9)10)18-20-50-21-19-40/h14,25-26,28-32H,12-13,15-24H2,1-11H3,(H2,41,43)(H,47,48)/t26-,28+,29-,30-,31-,32+,35-,36-,37?,38-,39+/m1/s1. The molecule has 11 heteroatoms. The molecule has 5 aliphatic rings. The van der Waals surface area contributed by atoms with E-state index in [9.17, 15) is 9.90 Å². The van der Waals surface area contributed by atoms with Crippen LogP contribution in [-0.4, -0.2) is 95.5 Å². The van der Waals surface area contributed by atoms with E-state index in [0.29, 0.717) is 25.0 Å². The van der Waals surface area contributed by atoms with Crippen molar-refractivity contribution in [3.8, 4) is 0 Å². The van der Waals surface area contributed by atoms with Crippen molar-refractivity contribution in [1.29, 1.82) is 0 Å². The number of carboxylic acids is 1. The number of methoxy groups -OCH3 is 1. The first-order valence-electron chi connectivity index (χ1n) is 19.7. The molecule has 0 amide bonds. The van der Waals surface area contributed by atoms with Crippen LogP contribution in [0.15, 0.2) is 11.6 Å². The number of aliphatic carboxylic acids is 1. The zero-order chi connectivity index (χ0) is 37.4. The van der Waals surface area contributed by atoms with Crippen molar-refractivity contribution >= 4 is 11.9 Å². The first kappa shape index (κ1) is 38.6. The summed E-state index contributed by atoms with van der Waals surface area (Å²) in [5.74, 6) is 0.395. The molecule has 1 aromatic rings. The van der Waals surface area contributed by atoms with Crippen molar-refractivity contribution in [2.75, 3.05) is 53.4 Å². The van der Waals surface area contributed by atoms with Crippen LogP contribution in [0.5, 0.6) is 0 Å². The Labute approximate surface area is 306 Å². The fourth-order valence-corrected chi connectivity index (χ4v) is 13.1. The quantitative estimate of drug-likeness (QED) is 0.258. The molecule has 0 radical (unpaired) electrons. The molecule has 3 saturated carbocycles. The van der Waals surface area contributed by atoms with Crippen molar-refractivity contribution in [1.82, 2.24) is 25.1 Å². The Morgan fingerprint density at radius 1 is 1.06 bits per heavy atom. The number of carbonyl (C=O) groups is 1. The molecule has 4 aliphatic carbocycles. The Hall–Kier alpha value is -2.08. The van der Waals surface area contributed by atoms with E-state index in [1.807, 2.05) is 0 Å². The Morgan fingerprint density at radius 2 is 1.75 bits per heavy atom. The minimum atomic E-state index is -0.629. The van der Waals surface area contributed by atoms with Crippen LogP contribution < -0.4 is 5.73 Å². The third-order valence-electron chi connectivity index (χ3n) is 16.7. The molecule has 288 valence electrons. The Bertz CT molecular complexity index is 1470. The SMILES string of the molecule is COCC1(C)[C@@H](OCC2(N(C)C)CCOCC2)[C@H](n2nnc(N)n2)C[C@]2(C)C3=CC[C@@]4(C)[C@H](C(=O)O)[C@@](C)([C@H](C)C(C)C)CC[C@]4(C)[C@H]3CC[C@@H]12. The van der Waals surface area contributed by atoms with Crippen molar-refractivity contribution < 1.29 is 24.1 Å². The van der Waals surface area contributed by atoms with Gasteiger partial charge in [-0.05, 0) is 116 Å². The van der Waals surface area contributed by atoms with Crippen LogP contribution in [0.1, 0.15) is 113 Å². The average Bonchev–Trinajstić information content (AvgIpc) is 3.50. The molecule has 1 aromatic heterocycles. The Morgan fingerprint density at radius 3 is 2.31 bits per heavy atom. The molecule has 11 nitrogen and oxygen atoms in total. The fourth-order valence-electron chi connectivity index (χ4n) is 13.1. The van der Waals surface area contributed by atoms with Crippen LogP contribution in [0.3, 0.4) is 0 Å². The van der Waals surface area contributed by atoms with Crippen LogP contribution >= 0.6 is 0 Å². The summed E-state index contributed by atoms with van der Waals surface area (Å²) in [6.45, 7) is 21.2. The van der Waals surface area contributed by atoms with Gasteiger partial charge in [-0.25, -0.2) is 0 Å². The third-order valence-corrected chi connectivity index (χ3v) is 16.7. The highest BCUT2D eigenvalue weighted by molar-refractivity contribution is 5.73. The molecule has 1 saturated heterocycles. The van der Waals surface area contributed by atoms with E-state index in [4.69, 9.17) is 19.9 Å². The lowest BCUT2D eigenvalue weighted by atomic mass is 9.34. The van der Waals surface area contributed by atoms with E-state index in [-0.39, 0.29) is 62.5 Å². The van der Waals surface area contributed by atoms with E-state index >= 15 is 0 Å². The van der Waals surface area contributed by atoms with Crippen LogP contribution in [0.2, 0.25) is 0 Å². The Kier molecular flexibility index (Phi) is 10.1. The molecule has 4 fully saturated rings. The number of allylic oxidation sites excluding steroid dienone is 2. The first-order chi connectivity index (χ1) is 23.8. The lowest BCUT2D eigenvalue weighted by Gasteiger charge is -2.70. The number of anilines is 1. The second kappa shape index (κ2) is 13.3. The van der Waals surface area contributed by atoms with E-state index in [2.05, 4.69) is 95.9 Å². The number of carboxylic acid groups (broad SMARTS) is 1. The second-order valence-corrected chi connectivity index (χ2v) is 19.2. The highest BCUT2D eigenvalue weighted by Gasteiger charge is 2.70. The molecule has 51 heavy (non-hydrogen) atoms. The van der Waals surface area contributed by atoms with Crippen LogP contribution in [0.25, 0.3) is 0 Å². The minimum absolute atomic E-state index is 0.127. The highest BCUT2D eigenvalue weighted by atomic mass is 16.5. The van der Waals surface area contributed by atoms with Gasteiger partial charge in [0.2, 0.25) is 0 Å². The normalized spacial score (nSPS) is 42.8. The maximum atomic E-state index is 13.5. The molecule has 11 atom stereocenters. The molecule has 1 aliphatic heterocycles. The van der Waals surface area contributed by atoms with Gasteiger partial charge in [0.05, 0.1) is 25.2 Å². The molecule has 1 unspecified atom stereocenters. The maximum Gasteiger partial charge on any atom is 0.307 e. The number of nitrogen functional groups attached to an aromatic ring is 1. The van der Waals surface area contributed by atoms with Crippen molar-refractivity contribution in [3.63, 3.8) is 0 Å². The van der Waals surface area contributed by atoms with E-state index < -0.39 is 11.9 Å². The summed E-state index contributed by atoms with van der Waals surface area (Å²) < 4.78 is 19.2. The molecule has 0 aromatic carbocycles. The summed E-state index contributed by atoms with van der Waals surface area (Å²) >= 11 is 0. The molecule has 0 spiro atoms. The van der Waals surface area contributed by atoms with Crippen molar-refractivity contribution in [2.24, 2.45) is 56.7 Å². The van der Waals surface area contributed by atoms with E-state index in [1.54, 1.807) is 11.9 Å². The number of rotatable bonds is 10. The van der Waals surface area contributed by atoms with E-state index in [0.717, 1.165) is 64.6 Å². The molecule has 0 bridgehead atoms. The molecular formula is C40H68N6O5. The topological polar surface area (TPSA) is 138 Å². The zero-order valence-electron chi connectivity index (χ0n) is 33.5. The lowest BCUT2D eigenvalue weighted by Crippen LogP contribution is -2.66. The predicted octanol–water partition coefficient (Wildman–Crippen LogP) is 6.52. The zero-order valence-corrected chi connectivity index (χ0v) is 33.5. The number of nitrogens with zero attached hydrogens (tertiary/aromatic N) is 5. The van der Waals surface area contributed by atoms with E-state index in [1.165, 1.54) is 5.57 Å². The first-order valence-corrected chi connectivity index (χ1v) is 19.7. The maximum absolute atomic E-state index is 13.5. The minimum Gasteiger partial charge on any atom is -0.481 e. The van der Waals surface area contributed by atoms with Gasteiger partial charge in [0.15, 0.2) is 0 Å². The van der Waals surface area contributed by atoms with Gasteiger partial charge in [-0.3, -0.25) is 4.79 Å². The van der Waals surface area contributed by atoms with Gasteiger partial charge >= 0.3 is 5.97 Å². The molecule has 6 rings (SSSR count). The number of likely N-dealkylation sites (N-methyl/N-ethyl adjacent to an activating group) is 1. The van der Waals surface area contributed by atoms with Crippen LogP contribution in [0, 0.1) is 56.7 Å². The van der Waals surface area contributed by atoms with Gasteiger partial charge in [-0.15, -0.1) is 5.10 Å². The summed E-state index contributed by atoms with van der Waals surface area (Å²) in [5.41, 5.74) is 6.13. The monoisotopic (exact) mass is 713 g/mol.